The Kier molecular flexibility index (Phi) is 4.22. The maximum Gasteiger partial charge on any atom is 0.274 e. The lowest BCUT2D eigenvalue weighted by molar-refractivity contribution is 0.0921. The van der Waals surface area contributed by atoms with E-state index in [-0.39, 0.29) is 11.9 Å². The van der Waals surface area contributed by atoms with Crippen molar-refractivity contribution in [3.63, 3.8) is 0 Å². The molecule has 1 aliphatic carbocycles. The predicted octanol–water partition coefficient (Wildman–Crippen LogP) is 3.21. The summed E-state index contributed by atoms with van der Waals surface area (Å²) in [6, 6.07) is 5.63. The molecule has 5 nitrogen and oxygen atoms in total. The fourth-order valence-electron chi connectivity index (χ4n) is 2.66. The molecule has 3 rings (SSSR count). The summed E-state index contributed by atoms with van der Waals surface area (Å²) < 4.78 is 5.19. The summed E-state index contributed by atoms with van der Waals surface area (Å²) in [4.78, 5) is 16.9. The predicted molar refractivity (Wildman–Crippen MR) is 82.4 cm³/mol. The molecule has 0 saturated heterocycles. The van der Waals surface area contributed by atoms with Gasteiger partial charge < -0.3 is 9.84 Å². The molecule has 116 valence electrons. The van der Waals surface area contributed by atoms with Crippen molar-refractivity contribution in [2.45, 2.75) is 45.6 Å². The number of nitrogens with one attached hydrogen (secondary N) is 1. The van der Waals surface area contributed by atoms with E-state index in [0.717, 1.165) is 42.7 Å². The second-order valence-electron chi connectivity index (χ2n) is 5.92. The first-order valence-electron chi connectivity index (χ1n) is 7.87. The average molecular weight is 299 g/mol. The molecule has 1 amide bonds. The number of pyridine rings is 1. The van der Waals surface area contributed by atoms with Gasteiger partial charge in [-0.1, -0.05) is 18.1 Å². The van der Waals surface area contributed by atoms with Crippen molar-refractivity contribution >= 4 is 5.91 Å². The van der Waals surface area contributed by atoms with Gasteiger partial charge in [0.2, 0.25) is 0 Å². The maximum atomic E-state index is 12.4. The summed E-state index contributed by atoms with van der Waals surface area (Å²) in [5.74, 6) is 1.04. The van der Waals surface area contributed by atoms with Gasteiger partial charge in [-0.25, -0.2) is 0 Å². The van der Waals surface area contributed by atoms with E-state index in [1.54, 1.807) is 12.3 Å². The summed E-state index contributed by atoms with van der Waals surface area (Å²) in [5, 5.41) is 6.96. The second kappa shape index (κ2) is 6.30. The Hall–Kier alpha value is -2.17. The zero-order valence-electron chi connectivity index (χ0n) is 13.0. The summed E-state index contributed by atoms with van der Waals surface area (Å²) in [5.41, 5.74) is 2.41. The Morgan fingerprint density at radius 2 is 2.32 bits per heavy atom. The quantitative estimate of drug-likeness (QED) is 0.889. The SMILES string of the molecule is CCCc1cc(C(=O)N[C@H](c2ncccc2C)C2CC2)no1. The first-order valence-corrected chi connectivity index (χ1v) is 7.87. The number of hydrogen-bond acceptors (Lipinski definition) is 4. The van der Waals surface area contributed by atoms with Crippen molar-refractivity contribution in [1.29, 1.82) is 0 Å². The van der Waals surface area contributed by atoms with Crippen molar-refractivity contribution in [1.82, 2.24) is 15.5 Å². The number of rotatable bonds is 6. The number of amides is 1. The topological polar surface area (TPSA) is 68.0 Å². The van der Waals surface area contributed by atoms with Crippen LogP contribution in [0.15, 0.2) is 28.9 Å². The van der Waals surface area contributed by atoms with E-state index >= 15 is 0 Å². The van der Waals surface area contributed by atoms with Crippen molar-refractivity contribution in [2.75, 3.05) is 0 Å². The number of hydrogen-bond donors (Lipinski definition) is 1. The molecule has 0 bridgehead atoms. The van der Waals surface area contributed by atoms with E-state index in [2.05, 4.69) is 22.4 Å². The van der Waals surface area contributed by atoms with E-state index < -0.39 is 0 Å². The third kappa shape index (κ3) is 3.18. The van der Waals surface area contributed by atoms with Crippen LogP contribution in [0, 0.1) is 12.8 Å². The van der Waals surface area contributed by atoms with Gasteiger partial charge >= 0.3 is 0 Å². The molecule has 1 N–H and O–H groups in total. The lowest BCUT2D eigenvalue weighted by Gasteiger charge is -2.18. The normalized spacial score (nSPS) is 15.5. The molecule has 1 fully saturated rings. The molecule has 1 aliphatic rings. The summed E-state index contributed by atoms with van der Waals surface area (Å²) in [6.07, 6.45) is 5.79. The Morgan fingerprint density at radius 1 is 1.50 bits per heavy atom. The lowest BCUT2D eigenvalue weighted by atomic mass is 10.0. The Bertz CT molecular complexity index is 661. The summed E-state index contributed by atoms with van der Waals surface area (Å²) >= 11 is 0. The first kappa shape index (κ1) is 14.8. The van der Waals surface area contributed by atoms with Crippen LogP contribution in [0.1, 0.15) is 59.7 Å². The molecular formula is C17H21N3O2. The van der Waals surface area contributed by atoms with E-state index in [4.69, 9.17) is 4.52 Å². The fourth-order valence-corrected chi connectivity index (χ4v) is 2.66. The molecule has 0 spiro atoms. The molecule has 2 aromatic rings. The van der Waals surface area contributed by atoms with E-state index in [0.29, 0.717) is 11.6 Å². The Labute approximate surface area is 130 Å². The van der Waals surface area contributed by atoms with Gasteiger partial charge in [-0.2, -0.15) is 0 Å². The van der Waals surface area contributed by atoms with Crippen molar-refractivity contribution in [3.8, 4) is 0 Å². The van der Waals surface area contributed by atoms with E-state index in [9.17, 15) is 4.79 Å². The highest BCUT2D eigenvalue weighted by Gasteiger charge is 2.35. The fraction of sp³-hybridized carbons (Fsp3) is 0.471. The molecule has 0 aromatic carbocycles. The van der Waals surface area contributed by atoms with Crippen LogP contribution in [0.3, 0.4) is 0 Å². The van der Waals surface area contributed by atoms with Crippen LogP contribution in [0.25, 0.3) is 0 Å². The zero-order chi connectivity index (χ0) is 15.5. The van der Waals surface area contributed by atoms with Crippen LogP contribution in [0.5, 0.6) is 0 Å². The van der Waals surface area contributed by atoms with Crippen LogP contribution >= 0.6 is 0 Å². The lowest BCUT2D eigenvalue weighted by Crippen LogP contribution is -2.31. The van der Waals surface area contributed by atoms with Crippen molar-refractivity contribution < 1.29 is 9.32 Å². The van der Waals surface area contributed by atoms with Gasteiger partial charge in [-0.05, 0) is 43.7 Å². The minimum absolute atomic E-state index is 0.0416. The molecule has 2 heterocycles. The number of aryl methyl sites for hydroxylation is 2. The van der Waals surface area contributed by atoms with Crippen LogP contribution in [0.2, 0.25) is 0 Å². The largest absolute Gasteiger partial charge is 0.361 e. The third-order valence-electron chi connectivity index (χ3n) is 4.01. The van der Waals surface area contributed by atoms with Crippen LogP contribution < -0.4 is 5.32 Å². The second-order valence-corrected chi connectivity index (χ2v) is 5.92. The van der Waals surface area contributed by atoms with Gasteiger partial charge in [0.1, 0.15) is 5.76 Å². The molecule has 0 unspecified atom stereocenters. The van der Waals surface area contributed by atoms with Crippen LogP contribution in [-0.2, 0) is 6.42 Å². The average Bonchev–Trinajstić information content (AvgIpc) is 3.25. The third-order valence-corrected chi connectivity index (χ3v) is 4.01. The highest BCUT2D eigenvalue weighted by Crippen LogP contribution is 2.41. The molecule has 2 aromatic heterocycles. The molecule has 5 heteroatoms. The summed E-state index contributed by atoms with van der Waals surface area (Å²) in [7, 11) is 0. The van der Waals surface area contributed by atoms with Gasteiger partial charge in [0.05, 0.1) is 11.7 Å². The van der Waals surface area contributed by atoms with Gasteiger partial charge in [-0.15, -0.1) is 0 Å². The van der Waals surface area contributed by atoms with Gasteiger partial charge in [-0.3, -0.25) is 9.78 Å². The van der Waals surface area contributed by atoms with Crippen molar-refractivity contribution in [3.05, 3.63) is 47.1 Å². The first-order chi connectivity index (χ1) is 10.7. The Balaban J connectivity index is 1.76. The molecule has 0 radical (unpaired) electrons. The molecular weight excluding hydrogens is 278 g/mol. The monoisotopic (exact) mass is 299 g/mol. The van der Waals surface area contributed by atoms with E-state index in [1.807, 2.05) is 19.1 Å². The molecule has 0 aliphatic heterocycles. The van der Waals surface area contributed by atoms with Gasteiger partial charge in [0, 0.05) is 18.7 Å². The molecule has 1 saturated carbocycles. The highest BCUT2D eigenvalue weighted by atomic mass is 16.5. The number of carbonyl (C=O) groups is 1. The highest BCUT2D eigenvalue weighted by molar-refractivity contribution is 5.92. The molecule has 1 atom stereocenters. The van der Waals surface area contributed by atoms with Crippen LogP contribution in [-0.4, -0.2) is 16.0 Å². The van der Waals surface area contributed by atoms with Gasteiger partial charge in [0.15, 0.2) is 5.69 Å². The van der Waals surface area contributed by atoms with Crippen LogP contribution in [0.4, 0.5) is 0 Å². The number of nitrogens with zero attached hydrogens (tertiary/aromatic N) is 2. The van der Waals surface area contributed by atoms with Gasteiger partial charge in [0.25, 0.3) is 5.91 Å². The van der Waals surface area contributed by atoms with Crippen molar-refractivity contribution in [2.24, 2.45) is 5.92 Å². The van der Waals surface area contributed by atoms with E-state index in [1.165, 1.54) is 0 Å². The number of carbonyl (C=O) groups excluding carboxylic acids is 1. The standard InChI is InChI=1S/C17H21N3O2/c1-3-5-13-10-14(20-22-13)17(21)19-16(12-7-8-12)15-11(2)6-4-9-18-15/h4,6,9-10,12,16H,3,5,7-8H2,1-2H3,(H,19,21)/t16-/m0/s1. The maximum absolute atomic E-state index is 12.4. The zero-order valence-corrected chi connectivity index (χ0v) is 13.0. The number of aromatic nitrogens is 2. The smallest absolute Gasteiger partial charge is 0.274 e. The molecule has 22 heavy (non-hydrogen) atoms. The minimum Gasteiger partial charge on any atom is -0.361 e. The Morgan fingerprint density at radius 3 is 3.00 bits per heavy atom. The summed E-state index contributed by atoms with van der Waals surface area (Å²) in [6.45, 7) is 4.09. The minimum atomic E-state index is -0.187.